The first-order chi connectivity index (χ1) is 16.3. The number of aromatic amines is 2. The molecule has 2 N–H and O–H groups in total. The van der Waals surface area contributed by atoms with E-state index < -0.39 is 13.3 Å². The van der Waals surface area contributed by atoms with E-state index in [1.165, 1.54) is 0 Å². The van der Waals surface area contributed by atoms with Gasteiger partial charge in [0.05, 0.1) is 11.4 Å². The van der Waals surface area contributed by atoms with Crippen molar-refractivity contribution in [2.45, 2.75) is 27.7 Å². The maximum absolute atomic E-state index is 13.4. The van der Waals surface area contributed by atoms with E-state index in [0.29, 0.717) is 11.4 Å². The average Bonchev–Trinajstić information content (AvgIpc) is 3.30. The first-order valence-corrected chi connectivity index (χ1v) is 11.0. The Kier molecular flexibility index (Phi) is 6.55. The SMILES string of the molecule is Cc1c(C(=O)/C=C(\OB(F)F)c2[nH]c(-c3ccccc3)c(C)c2C)[nH]c(-c2ccccc2)c1C. The van der Waals surface area contributed by atoms with Crippen LogP contribution in [-0.2, 0) is 4.65 Å². The van der Waals surface area contributed by atoms with E-state index in [4.69, 9.17) is 4.65 Å². The molecule has 2 heterocycles. The van der Waals surface area contributed by atoms with E-state index in [9.17, 15) is 13.4 Å². The van der Waals surface area contributed by atoms with Crippen molar-refractivity contribution in [2.75, 3.05) is 0 Å². The number of halogens is 2. The lowest BCUT2D eigenvalue weighted by atomic mass is 10.0. The third kappa shape index (κ3) is 4.46. The fraction of sp³-hybridized carbons (Fsp3) is 0.148. The number of hydrogen-bond donors (Lipinski definition) is 2. The Balaban J connectivity index is 1.77. The molecular formula is C27H25BF2N2O2. The van der Waals surface area contributed by atoms with E-state index >= 15 is 0 Å². The highest BCUT2D eigenvalue weighted by Crippen LogP contribution is 2.32. The topological polar surface area (TPSA) is 57.9 Å². The molecule has 0 radical (unpaired) electrons. The Morgan fingerprint density at radius 3 is 1.65 bits per heavy atom. The van der Waals surface area contributed by atoms with E-state index in [0.717, 1.165) is 50.8 Å². The lowest BCUT2D eigenvalue weighted by molar-refractivity contribution is 0.104. The minimum atomic E-state index is -3.08. The lowest BCUT2D eigenvalue weighted by Crippen LogP contribution is -2.08. The molecule has 0 fully saturated rings. The van der Waals surface area contributed by atoms with Gasteiger partial charge in [-0.05, 0) is 61.1 Å². The van der Waals surface area contributed by atoms with Gasteiger partial charge in [0.2, 0.25) is 5.78 Å². The molecule has 0 aliphatic carbocycles. The summed E-state index contributed by atoms with van der Waals surface area (Å²) in [6.45, 7) is 7.49. The third-order valence-corrected chi connectivity index (χ3v) is 6.22. The number of rotatable bonds is 7. The van der Waals surface area contributed by atoms with Gasteiger partial charge in [-0.25, -0.2) is 8.63 Å². The minimum absolute atomic E-state index is 0.198. The molecule has 172 valence electrons. The Bertz CT molecular complexity index is 1360. The zero-order valence-electron chi connectivity index (χ0n) is 19.5. The second-order valence-corrected chi connectivity index (χ2v) is 8.23. The van der Waals surface area contributed by atoms with Crippen LogP contribution in [0.3, 0.4) is 0 Å². The fourth-order valence-electron chi connectivity index (χ4n) is 4.11. The number of nitrogens with one attached hydrogen (secondary N) is 2. The van der Waals surface area contributed by atoms with Crippen LogP contribution in [0, 0.1) is 27.7 Å². The lowest BCUT2D eigenvalue weighted by Gasteiger charge is -2.08. The van der Waals surface area contributed by atoms with Crippen molar-refractivity contribution in [1.29, 1.82) is 0 Å². The monoisotopic (exact) mass is 458 g/mol. The predicted molar refractivity (Wildman–Crippen MR) is 133 cm³/mol. The summed E-state index contributed by atoms with van der Waals surface area (Å²) in [5.41, 5.74) is 7.51. The molecule has 0 saturated carbocycles. The molecule has 0 aliphatic heterocycles. The van der Waals surface area contributed by atoms with Gasteiger partial charge in [-0.15, -0.1) is 0 Å². The highest BCUT2D eigenvalue weighted by Gasteiger charge is 2.26. The molecule has 0 saturated heterocycles. The van der Waals surface area contributed by atoms with Crippen molar-refractivity contribution >= 4 is 19.0 Å². The molecular weight excluding hydrogens is 433 g/mol. The van der Waals surface area contributed by atoms with Gasteiger partial charge in [-0.1, -0.05) is 60.7 Å². The van der Waals surface area contributed by atoms with E-state index in [2.05, 4.69) is 9.97 Å². The Morgan fingerprint density at radius 2 is 1.18 bits per heavy atom. The average molecular weight is 458 g/mol. The van der Waals surface area contributed by atoms with Gasteiger partial charge in [0.1, 0.15) is 5.76 Å². The van der Waals surface area contributed by atoms with Gasteiger partial charge < -0.3 is 14.6 Å². The highest BCUT2D eigenvalue weighted by molar-refractivity contribution is 6.36. The molecule has 0 amide bonds. The normalized spacial score (nSPS) is 11.5. The summed E-state index contributed by atoms with van der Waals surface area (Å²) in [7, 11) is -3.08. The quantitative estimate of drug-likeness (QED) is 0.135. The molecule has 34 heavy (non-hydrogen) atoms. The minimum Gasteiger partial charge on any atom is -0.503 e. The van der Waals surface area contributed by atoms with Crippen molar-refractivity contribution < 1.29 is 18.1 Å². The third-order valence-electron chi connectivity index (χ3n) is 6.22. The summed E-state index contributed by atoms with van der Waals surface area (Å²) in [6, 6.07) is 19.2. The summed E-state index contributed by atoms with van der Waals surface area (Å²) < 4.78 is 31.6. The maximum atomic E-state index is 13.4. The zero-order chi connectivity index (χ0) is 24.4. The molecule has 0 spiro atoms. The van der Waals surface area contributed by atoms with Crippen LogP contribution in [0.5, 0.6) is 0 Å². The molecule has 0 bridgehead atoms. The summed E-state index contributed by atoms with van der Waals surface area (Å²) in [6.07, 6.45) is 1.13. The molecule has 4 aromatic rings. The summed E-state index contributed by atoms with van der Waals surface area (Å²) in [4.78, 5) is 19.6. The van der Waals surface area contributed by atoms with Crippen molar-refractivity contribution in [2.24, 2.45) is 0 Å². The number of ketones is 1. The Hall–Kier alpha value is -3.87. The van der Waals surface area contributed by atoms with Crippen LogP contribution < -0.4 is 0 Å². The second-order valence-electron chi connectivity index (χ2n) is 8.23. The van der Waals surface area contributed by atoms with Crippen LogP contribution in [0.15, 0.2) is 66.7 Å². The van der Waals surface area contributed by atoms with Crippen LogP contribution in [-0.4, -0.2) is 23.2 Å². The molecule has 0 aliphatic rings. The summed E-state index contributed by atoms with van der Waals surface area (Å²) in [5, 5.41) is 0. The molecule has 2 aromatic heterocycles. The van der Waals surface area contributed by atoms with E-state index in [1.807, 2.05) is 88.4 Å². The Morgan fingerprint density at radius 1 is 0.735 bits per heavy atom. The number of benzene rings is 2. The van der Waals surface area contributed by atoms with Crippen molar-refractivity contribution in [3.8, 4) is 22.5 Å². The summed E-state index contributed by atoms with van der Waals surface area (Å²) >= 11 is 0. The number of carbonyl (C=O) groups is 1. The maximum Gasteiger partial charge on any atom is 0.796 e. The van der Waals surface area contributed by atoms with Gasteiger partial charge in [0.15, 0.2) is 0 Å². The zero-order valence-corrected chi connectivity index (χ0v) is 19.5. The molecule has 0 unspecified atom stereocenters. The number of allylic oxidation sites excluding steroid dienone is 1. The van der Waals surface area contributed by atoms with Gasteiger partial charge >= 0.3 is 7.47 Å². The molecule has 7 heteroatoms. The van der Waals surface area contributed by atoms with Crippen molar-refractivity contribution in [3.63, 3.8) is 0 Å². The first kappa shape index (κ1) is 23.3. The van der Waals surface area contributed by atoms with Gasteiger partial charge in [-0.3, -0.25) is 4.79 Å². The molecule has 4 nitrogen and oxygen atoms in total. The highest BCUT2D eigenvalue weighted by atomic mass is 19.2. The number of carbonyl (C=O) groups excluding carboxylic acids is 1. The Labute approximate surface area is 197 Å². The van der Waals surface area contributed by atoms with Gasteiger partial charge in [-0.2, -0.15) is 0 Å². The van der Waals surface area contributed by atoms with Crippen molar-refractivity contribution in [1.82, 2.24) is 9.97 Å². The number of H-pyrrole nitrogens is 2. The first-order valence-electron chi connectivity index (χ1n) is 11.0. The van der Waals surface area contributed by atoms with Crippen LogP contribution in [0.1, 0.15) is 38.4 Å². The van der Waals surface area contributed by atoms with Crippen LogP contribution >= 0.6 is 0 Å². The molecule has 2 aromatic carbocycles. The predicted octanol–water partition coefficient (Wildman–Crippen LogP) is 7.07. The van der Waals surface area contributed by atoms with Crippen LogP contribution in [0.2, 0.25) is 0 Å². The van der Waals surface area contributed by atoms with Crippen LogP contribution in [0.25, 0.3) is 28.3 Å². The molecule has 4 rings (SSSR count). The second kappa shape index (κ2) is 9.55. The molecule has 0 atom stereocenters. The van der Waals surface area contributed by atoms with E-state index in [-0.39, 0.29) is 5.76 Å². The number of aromatic nitrogens is 2. The van der Waals surface area contributed by atoms with Gasteiger partial charge in [0.25, 0.3) is 0 Å². The largest absolute Gasteiger partial charge is 0.796 e. The van der Waals surface area contributed by atoms with Crippen molar-refractivity contribution in [3.05, 3.63) is 100 Å². The summed E-state index contributed by atoms with van der Waals surface area (Å²) in [5.74, 6) is -0.637. The van der Waals surface area contributed by atoms with Crippen LogP contribution in [0.4, 0.5) is 8.63 Å². The van der Waals surface area contributed by atoms with Gasteiger partial charge in [0, 0.05) is 17.5 Å². The fourth-order valence-corrected chi connectivity index (χ4v) is 4.11. The smallest absolute Gasteiger partial charge is 0.503 e. The standard InChI is InChI=1S/C27H25BF2N2O2/c1-16-18(3)26(31-24(16)20-11-7-5-8-12-20)22(33)15-23(34-28(29)30)27-19(4)17(2)25(32-27)21-13-9-6-10-14-21/h5-15,31-32H,1-4H3/b23-15-. The van der Waals surface area contributed by atoms with E-state index in [1.54, 1.807) is 0 Å². The number of hydrogen-bond acceptors (Lipinski definition) is 2.